The number of likely N-dealkylation sites (tertiary alicyclic amines) is 1. The fourth-order valence-corrected chi connectivity index (χ4v) is 5.09. The van der Waals surface area contributed by atoms with Crippen LogP contribution in [0.4, 0.5) is 14.0 Å². The summed E-state index contributed by atoms with van der Waals surface area (Å²) in [5.74, 6) is 0.243. The Morgan fingerprint density at radius 2 is 1.73 bits per heavy atom. The van der Waals surface area contributed by atoms with Crippen LogP contribution in [0.25, 0.3) is 11.3 Å². The van der Waals surface area contributed by atoms with E-state index in [0.29, 0.717) is 30.1 Å². The summed E-state index contributed by atoms with van der Waals surface area (Å²) in [6, 6.07) is 19.4. The van der Waals surface area contributed by atoms with E-state index in [1.165, 1.54) is 12.1 Å². The molecular formula is C32H36FN3O5. The highest BCUT2D eigenvalue weighted by Crippen LogP contribution is 2.44. The van der Waals surface area contributed by atoms with Crippen LogP contribution in [0.2, 0.25) is 0 Å². The van der Waals surface area contributed by atoms with Crippen molar-refractivity contribution in [1.82, 2.24) is 15.2 Å². The standard InChI is InChI=1S/C32H36FN3O5/c1-31(2,3)41-29(37)35-32(4,5)22-15-25(21-11-13-23(33)14-12-21)34-28(16-22)40-27-17-26-24(27)18-36(26)30(38)39-19-20-9-7-6-8-10-20/h6-16,24,26-27H,17-19H2,1-5H3,(H,35,37)/t24-,26-,27-/m1/s1. The number of hydrogen-bond acceptors (Lipinski definition) is 6. The van der Waals surface area contributed by atoms with Crippen molar-refractivity contribution in [3.8, 4) is 17.1 Å². The zero-order valence-corrected chi connectivity index (χ0v) is 24.0. The van der Waals surface area contributed by atoms with Crippen molar-refractivity contribution >= 4 is 12.2 Å². The van der Waals surface area contributed by atoms with Gasteiger partial charge in [0, 0.05) is 36.6 Å². The fraction of sp³-hybridized carbons (Fsp3) is 0.406. The maximum atomic E-state index is 13.6. The molecular weight excluding hydrogens is 525 g/mol. The van der Waals surface area contributed by atoms with Crippen LogP contribution in [0.3, 0.4) is 0 Å². The SMILES string of the molecule is CC(C)(C)OC(=O)NC(C)(C)c1cc(O[C@@H]2C[C@@H]3[C@H]2CN3C(=O)OCc2ccccc2)nc(-c2ccc(F)cc2)c1. The van der Waals surface area contributed by atoms with E-state index in [4.69, 9.17) is 19.2 Å². The molecule has 3 aromatic rings. The first-order valence-corrected chi connectivity index (χ1v) is 13.8. The van der Waals surface area contributed by atoms with E-state index in [1.54, 1.807) is 37.8 Å². The summed E-state index contributed by atoms with van der Waals surface area (Å²) in [5.41, 5.74) is 1.54. The van der Waals surface area contributed by atoms with Crippen molar-refractivity contribution in [1.29, 1.82) is 0 Å². The third kappa shape index (κ3) is 6.61. The molecule has 0 bridgehead atoms. The van der Waals surface area contributed by atoms with Crippen molar-refractivity contribution in [3.63, 3.8) is 0 Å². The molecule has 9 heteroatoms. The first-order chi connectivity index (χ1) is 19.4. The molecule has 2 aliphatic rings. The van der Waals surface area contributed by atoms with Gasteiger partial charge in [-0.25, -0.2) is 19.0 Å². The summed E-state index contributed by atoms with van der Waals surface area (Å²) in [6.45, 7) is 9.95. The molecule has 1 N–H and O–H groups in total. The lowest BCUT2D eigenvalue weighted by Gasteiger charge is -2.58. The number of nitrogens with one attached hydrogen (secondary N) is 1. The number of benzene rings is 2. The Kier molecular flexibility index (Phi) is 7.64. The number of rotatable bonds is 7. The van der Waals surface area contributed by atoms with E-state index >= 15 is 0 Å². The van der Waals surface area contributed by atoms with Crippen molar-refractivity contribution in [2.24, 2.45) is 5.92 Å². The van der Waals surface area contributed by atoms with Crippen LogP contribution in [0.1, 0.15) is 52.2 Å². The lowest BCUT2D eigenvalue weighted by Crippen LogP contribution is -2.71. The Labute approximate surface area is 239 Å². The number of nitrogens with zero attached hydrogens (tertiary/aromatic N) is 2. The van der Waals surface area contributed by atoms with Gasteiger partial charge in [-0.2, -0.15) is 0 Å². The molecule has 2 heterocycles. The van der Waals surface area contributed by atoms with Gasteiger partial charge in [-0.3, -0.25) is 0 Å². The second kappa shape index (κ2) is 11.0. The first kappa shape index (κ1) is 28.4. The highest BCUT2D eigenvalue weighted by molar-refractivity contribution is 5.70. The highest BCUT2D eigenvalue weighted by atomic mass is 19.1. The summed E-state index contributed by atoms with van der Waals surface area (Å²) in [5, 5.41) is 2.93. The van der Waals surface area contributed by atoms with Gasteiger partial charge >= 0.3 is 12.2 Å². The highest BCUT2D eigenvalue weighted by Gasteiger charge is 2.56. The Bertz CT molecular complexity index is 1410. The lowest BCUT2D eigenvalue weighted by molar-refractivity contribution is -0.127. The molecule has 1 saturated carbocycles. The van der Waals surface area contributed by atoms with Crippen molar-refractivity contribution in [2.75, 3.05) is 6.54 Å². The minimum Gasteiger partial charge on any atom is -0.474 e. The number of hydrogen-bond donors (Lipinski definition) is 1. The van der Waals surface area contributed by atoms with Gasteiger partial charge in [-0.15, -0.1) is 0 Å². The molecule has 2 aromatic carbocycles. The van der Waals surface area contributed by atoms with Crippen molar-refractivity contribution in [2.45, 2.75) is 70.9 Å². The third-order valence-corrected chi connectivity index (χ3v) is 7.44. The minimum absolute atomic E-state index is 0.0771. The molecule has 0 spiro atoms. The predicted octanol–water partition coefficient (Wildman–Crippen LogP) is 6.44. The van der Waals surface area contributed by atoms with Gasteiger partial charge < -0.3 is 24.4 Å². The average molecular weight is 562 g/mol. The average Bonchev–Trinajstić information content (AvgIpc) is 2.89. The number of carbonyl (C=O) groups excluding carboxylic acids is 2. The van der Waals surface area contributed by atoms with Crippen LogP contribution < -0.4 is 10.1 Å². The van der Waals surface area contributed by atoms with Gasteiger partial charge in [0.25, 0.3) is 0 Å². The number of piperidine rings is 1. The second-order valence-electron chi connectivity index (χ2n) is 12.2. The largest absolute Gasteiger partial charge is 0.474 e. The third-order valence-electron chi connectivity index (χ3n) is 7.44. The summed E-state index contributed by atoms with van der Waals surface area (Å²) >= 11 is 0. The van der Waals surface area contributed by atoms with Crippen LogP contribution in [-0.2, 0) is 21.6 Å². The molecule has 0 radical (unpaired) electrons. The van der Waals surface area contributed by atoms with Gasteiger partial charge in [0.15, 0.2) is 0 Å². The summed E-state index contributed by atoms with van der Waals surface area (Å²) in [4.78, 5) is 31.6. The molecule has 1 saturated heterocycles. The fourth-order valence-electron chi connectivity index (χ4n) is 5.09. The number of pyridine rings is 1. The van der Waals surface area contributed by atoms with Crippen molar-refractivity contribution in [3.05, 3.63) is 83.7 Å². The number of fused-ring (bicyclic) bond motifs is 1. The number of aromatic nitrogens is 1. The maximum absolute atomic E-state index is 13.6. The Hall–Kier alpha value is -4.14. The second-order valence-corrected chi connectivity index (χ2v) is 12.2. The first-order valence-electron chi connectivity index (χ1n) is 13.8. The van der Waals surface area contributed by atoms with Crippen LogP contribution in [0.5, 0.6) is 5.88 Å². The number of amides is 2. The predicted molar refractivity (Wildman–Crippen MR) is 152 cm³/mol. The molecule has 1 aliphatic carbocycles. The summed E-state index contributed by atoms with van der Waals surface area (Å²) in [6.07, 6.45) is -0.297. The lowest BCUT2D eigenvalue weighted by atomic mass is 9.69. The van der Waals surface area contributed by atoms with Gasteiger partial charge in [0.2, 0.25) is 5.88 Å². The van der Waals surface area contributed by atoms with Crippen LogP contribution in [0, 0.1) is 11.7 Å². The van der Waals surface area contributed by atoms with Gasteiger partial charge in [0.05, 0.1) is 11.2 Å². The Morgan fingerprint density at radius 1 is 1.02 bits per heavy atom. The normalized spacial score (nSPS) is 19.8. The molecule has 1 aromatic heterocycles. The maximum Gasteiger partial charge on any atom is 0.410 e. The van der Waals surface area contributed by atoms with Gasteiger partial charge in [-0.05, 0) is 76.1 Å². The van der Waals surface area contributed by atoms with Crippen LogP contribution >= 0.6 is 0 Å². The Morgan fingerprint density at radius 3 is 2.37 bits per heavy atom. The zero-order chi connectivity index (χ0) is 29.4. The van der Waals surface area contributed by atoms with E-state index in [0.717, 1.165) is 11.1 Å². The molecule has 41 heavy (non-hydrogen) atoms. The van der Waals surface area contributed by atoms with Gasteiger partial charge in [-0.1, -0.05) is 30.3 Å². The molecule has 0 unspecified atom stereocenters. The molecule has 8 nitrogen and oxygen atoms in total. The van der Waals surface area contributed by atoms with Crippen LogP contribution in [0.15, 0.2) is 66.7 Å². The molecule has 2 fully saturated rings. The number of alkyl carbamates (subject to hydrolysis) is 1. The van der Waals surface area contributed by atoms with E-state index < -0.39 is 17.2 Å². The van der Waals surface area contributed by atoms with Crippen LogP contribution in [-0.4, -0.2) is 46.4 Å². The van der Waals surface area contributed by atoms with E-state index in [-0.39, 0.29) is 36.6 Å². The summed E-state index contributed by atoms with van der Waals surface area (Å²) < 4.78 is 30.9. The van der Waals surface area contributed by atoms with E-state index in [9.17, 15) is 14.0 Å². The number of carbonyl (C=O) groups is 2. The topological polar surface area (TPSA) is 90.0 Å². The molecule has 216 valence electrons. The quantitative estimate of drug-likeness (QED) is 0.357. The minimum atomic E-state index is -0.823. The zero-order valence-electron chi connectivity index (χ0n) is 24.0. The molecule has 1 aliphatic heterocycles. The number of ether oxygens (including phenoxy) is 3. The molecule has 3 atom stereocenters. The van der Waals surface area contributed by atoms with E-state index in [1.807, 2.05) is 56.3 Å². The van der Waals surface area contributed by atoms with Gasteiger partial charge in [0.1, 0.15) is 24.1 Å². The molecule has 2 amide bonds. The molecule has 5 rings (SSSR count). The number of halogens is 1. The smallest absolute Gasteiger partial charge is 0.410 e. The monoisotopic (exact) mass is 561 g/mol. The van der Waals surface area contributed by atoms with E-state index in [2.05, 4.69) is 5.32 Å². The Balaban J connectivity index is 1.28. The van der Waals surface area contributed by atoms with Crippen molar-refractivity contribution < 1.29 is 28.2 Å². The summed E-state index contributed by atoms with van der Waals surface area (Å²) in [7, 11) is 0.